The molecule has 0 unspecified atom stereocenters. The van der Waals surface area contributed by atoms with Gasteiger partial charge in [-0.1, -0.05) is 29.8 Å². The van der Waals surface area contributed by atoms with Crippen molar-refractivity contribution in [2.75, 3.05) is 27.4 Å². The van der Waals surface area contributed by atoms with Gasteiger partial charge in [0.05, 0.1) is 14.2 Å². The third-order valence-electron chi connectivity index (χ3n) is 4.14. The molecule has 0 radical (unpaired) electrons. The van der Waals surface area contributed by atoms with Gasteiger partial charge in [-0.2, -0.15) is 0 Å². The molecule has 2 aromatic rings. The van der Waals surface area contributed by atoms with Crippen molar-refractivity contribution in [2.24, 2.45) is 0 Å². The first-order valence-electron chi connectivity index (χ1n) is 9.01. The first-order chi connectivity index (χ1) is 13.9. The minimum Gasteiger partial charge on any atom is -0.493 e. The fourth-order valence-electron chi connectivity index (χ4n) is 2.50. The van der Waals surface area contributed by atoms with Gasteiger partial charge in [0.25, 0.3) is 5.91 Å². The van der Waals surface area contributed by atoms with Gasteiger partial charge in [-0.15, -0.1) is 0 Å². The van der Waals surface area contributed by atoms with E-state index in [1.165, 1.54) is 6.08 Å². The molecule has 2 aromatic carbocycles. The lowest BCUT2D eigenvalue weighted by atomic mass is 10.1. The Balaban J connectivity index is 1.73. The topological polar surface area (TPSA) is 73.9 Å². The van der Waals surface area contributed by atoms with Crippen LogP contribution in [0.4, 0.5) is 0 Å². The van der Waals surface area contributed by atoms with Gasteiger partial charge < -0.3 is 19.5 Å². The Morgan fingerprint density at radius 2 is 1.83 bits per heavy atom. The Hall–Kier alpha value is -2.99. The zero-order chi connectivity index (χ0) is 21.2. The summed E-state index contributed by atoms with van der Waals surface area (Å²) in [5.74, 6) is 0.308. The van der Waals surface area contributed by atoms with Crippen LogP contribution in [0.15, 0.2) is 42.5 Å². The van der Waals surface area contributed by atoms with Gasteiger partial charge in [-0.25, -0.2) is 4.79 Å². The fraction of sp³-hybridized carbons (Fsp3) is 0.273. The molecule has 2 rings (SSSR count). The number of hydrogen-bond acceptors (Lipinski definition) is 5. The molecule has 0 spiro atoms. The van der Waals surface area contributed by atoms with E-state index in [4.69, 9.17) is 25.8 Å². The maximum absolute atomic E-state index is 11.8. The highest BCUT2D eigenvalue weighted by molar-refractivity contribution is 6.31. The summed E-state index contributed by atoms with van der Waals surface area (Å²) in [6, 6.07) is 11.0. The molecule has 0 saturated carbocycles. The number of nitrogens with one attached hydrogen (secondary N) is 1. The number of amides is 1. The van der Waals surface area contributed by atoms with E-state index < -0.39 is 5.97 Å². The van der Waals surface area contributed by atoms with Crippen molar-refractivity contribution in [1.29, 1.82) is 0 Å². The van der Waals surface area contributed by atoms with Crippen molar-refractivity contribution >= 4 is 29.6 Å². The average Bonchev–Trinajstić information content (AvgIpc) is 2.72. The number of halogens is 1. The summed E-state index contributed by atoms with van der Waals surface area (Å²) in [4.78, 5) is 23.6. The van der Waals surface area contributed by atoms with Gasteiger partial charge >= 0.3 is 5.97 Å². The number of aryl methyl sites for hydroxylation is 1. The van der Waals surface area contributed by atoms with Gasteiger partial charge in [0, 0.05) is 17.6 Å². The molecule has 0 aromatic heterocycles. The van der Waals surface area contributed by atoms with E-state index in [0.717, 1.165) is 16.7 Å². The number of methoxy groups -OCH3 is 2. The fourth-order valence-corrected chi connectivity index (χ4v) is 2.68. The summed E-state index contributed by atoms with van der Waals surface area (Å²) in [5.41, 5.74) is 2.72. The third kappa shape index (κ3) is 7.16. The number of rotatable bonds is 9. The van der Waals surface area contributed by atoms with Crippen LogP contribution in [0.3, 0.4) is 0 Å². The van der Waals surface area contributed by atoms with E-state index in [0.29, 0.717) is 29.5 Å². The Morgan fingerprint density at radius 3 is 2.52 bits per heavy atom. The number of carbonyl (C=O) groups is 2. The number of ether oxygens (including phenoxy) is 3. The Labute approximate surface area is 175 Å². The first kappa shape index (κ1) is 22.3. The van der Waals surface area contributed by atoms with E-state index in [1.54, 1.807) is 26.4 Å². The molecule has 0 saturated heterocycles. The molecule has 1 N–H and O–H groups in total. The number of carbonyl (C=O) groups excluding carboxylic acids is 2. The zero-order valence-electron chi connectivity index (χ0n) is 16.7. The molecule has 0 fully saturated rings. The van der Waals surface area contributed by atoms with Gasteiger partial charge in [-0.05, 0) is 54.3 Å². The summed E-state index contributed by atoms with van der Waals surface area (Å²) in [6.07, 6.45) is 3.45. The maximum atomic E-state index is 11.8. The lowest BCUT2D eigenvalue weighted by molar-refractivity contribution is -0.143. The van der Waals surface area contributed by atoms with Crippen LogP contribution in [-0.2, 0) is 20.7 Å². The largest absolute Gasteiger partial charge is 0.493 e. The predicted octanol–water partition coefficient (Wildman–Crippen LogP) is 3.58. The van der Waals surface area contributed by atoms with Crippen molar-refractivity contribution in [3.05, 3.63) is 64.2 Å². The lowest BCUT2D eigenvalue weighted by Gasteiger charge is -2.10. The molecule has 1 amide bonds. The van der Waals surface area contributed by atoms with Crippen LogP contribution < -0.4 is 14.8 Å². The Morgan fingerprint density at radius 1 is 1.07 bits per heavy atom. The zero-order valence-corrected chi connectivity index (χ0v) is 17.4. The molecule has 6 nitrogen and oxygen atoms in total. The van der Waals surface area contributed by atoms with Crippen molar-refractivity contribution in [2.45, 2.75) is 13.3 Å². The molecule has 7 heteroatoms. The monoisotopic (exact) mass is 417 g/mol. The van der Waals surface area contributed by atoms with Crippen LogP contribution in [0, 0.1) is 6.92 Å². The molecule has 0 aliphatic heterocycles. The maximum Gasteiger partial charge on any atom is 0.331 e. The van der Waals surface area contributed by atoms with Crippen molar-refractivity contribution in [3.8, 4) is 11.5 Å². The van der Waals surface area contributed by atoms with Gasteiger partial charge in [0.2, 0.25) is 0 Å². The molecule has 0 aliphatic rings. The summed E-state index contributed by atoms with van der Waals surface area (Å²) in [5, 5.41) is 3.33. The highest BCUT2D eigenvalue weighted by atomic mass is 35.5. The minimum atomic E-state index is -0.600. The van der Waals surface area contributed by atoms with E-state index >= 15 is 0 Å². The second-order valence-corrected chi connectivity index (χ2v) is 6.65. The average molecular weight is 418 g/mol. The summed E-state index contributed by atoms with van der Waals surface area (Å²) in [6.45, 7) is 1.96. The molecule has 0 heterocycles. The molecule has 0 atom stereocenters. The van der Waals surface area contributed by atoms with Crippen molar-refractivity contribution in [3.63, 3.8) is 0 Å². The smallest absolute Gasteiger partial charge is 0.331 e. The van der Waals surface area contributed by atoms with Crippen LogP contribution in [0.1, 0.15) is 16.7 Å². The van der Waals surface area contributed by atoms with E-state index in [9.17, 15) is 9.59 Å². The molecule has 0 bridgehead atoms. The van der Waals surface area contributed by atoms with E-state index in [-0.39, 0.29) is 12.5 Å². The van der Waals surface area contributed by atoms with E-state index in [2.05, 4.69) is 5.32 Å². The molecule has 154 valence electrons. The highest BCUT2D eigenvalue weighted by Gasteiger charge is 2.07. The lowest BCUT2D eigenvalue weighted by Crippen LogP contribution is -2.30. The van der Waals surface area contributed by atoms with Crippen LogP contribution >= 0.6 is 11.6 Å². The standard InChI is InChI=1S/C22H24ClNO5/c1-15-4-5-16(12-18(15)23)7-9-22(26)29-14-21(25)24-11-10-17-6-8-19(27-2)20(13-17)28-3/h4-9,12-13H,10-11,14H2,1-3H3,(H,24,25)/b9-7+. The Kier molecular flexibility index (Phi) is 8.55. The highest BCUT2D eigenvalue weighted by Crippen LogP contribution is 2.27. The van der Waals surface area contributed by atoms with Crippen molar-refractivity contribution < 1.29 is 23.8 Å². The quantitative estimate of drug-likeness (QED) is 0.498. The second kappa shape index (κ2) is 11.1. The van der Waals surface area contributed by atoms with Crippen LogP contribution in [0.2, 0.25) is 5.02 Å². The molecule has 29 heavy (non-hydrogen) atoms. The summed E-state index contributed by atoms with van der Waals surface area (Å²) < 4.78 is 15.4. The SMILES string of the molecule is COc1ccc(CCNC(=O)COC(=O)/C=C/c2ccc(C)c(Cl)c2)cc1OC. The summed E-state index contributed by atoms with van der Waals surface area (Å²) >= 11 is 6.04. The van der Waals surface area contributed by atoms with E-state index in [1.807, 2.05) is 37.3 Å². The van der Waals surface area contributed by atoms with Crippen molar-refractivity contribution in [1.82, 2.24) is 5.32 Å². The van der Waals surface area contributed by atoms with Gasteiger partial charge in [0.1, 0.15) is 0 Å². The van der Waals surface area contributed by atoms with Gasteiger partial charge in [0.15, 0.2) is 18.1 Å². The third-order valence-corrected chi connectivity index (χ3v) is 4.54. The second-order valence-electron chi connectivity index (χ2n) is 6.24. The molecular weight excluding hydrogens is 394 g/mol. The number of esters is 1. The van der Waals surface area contributed by atoms with Crippen LogP contribution in [-0.4, -0.2) is 39.2 Å². The minimum absolute atomic E-state index is 0.343. The summed E-state index contributed by atoms with van der Waals surface area (Å²) in [7, 11) is 3.14. The predicted molar refractivity (Wildman–Crippen MR) is 112 cm³/mol. The normalized spacial score (nSPS) is 10.6. The van der Waals surface area contributed by atoms with Crippen LogP contribution in [0.5, 0.6) is 11.5 Å². The molecule has 0 aliphatic carbocycles. The first-order valence-corrected chi connectivity index (χ1v) is 9.39. The Bertz CT molecular complexity index is 895. The molecular formula is C22H24ClNO5. The number of benzene rings is 2. The number of hydrogen-bond donors (Lipinski definition) is 1. The van der Waals surface area contributed by atoms with Crippen LogP contribution in [0.25, 0.3) is 6.08 Å². The van der Waals surface area contributed by atoms with Gasteiger partial charge in [-0.3, -0.25) is 4.79 Å².